The predicted molar refractivity (Wildman–Crippen MR) is 77.8 cm³/mol. The first kappa shape index (κ1) is 18.4. The molecule has 3 nitrogen and oxygen atoms in total. The lowest BCUT2D eigenvalue weighted by Gasteiger charge is -2.30. The van der Waals surface area contributed by atoms with Gasteiger partial charge in [-0.15, -0.1) is 23.2 Å². The lowest BCUT2D eigenvalue weighted by atomic mass is 10.0. The van der Waals surface area contributed by atoms with E-state index in [4.69, 9.17) is 23.2 Å². The lowest BCUT2D eigenvalue weighted by molar-refractivity contribution is -0.0436. The van der Waals surface area contributed by atoms with Gasteiger partial charge in [0.25, 0.3) is 9.84 Å². The molecular weight excluding hydrogens is 350 g/mol. The number of rotatable bonds is 6. The summed E-state index contributed by atoms with van der Waals surface area (Å²) < 4.78 is 59.7. The van der Waals surface area contributed by atoms with Gasteiger partial charge in [-0.1, -0.05) is 6.92 Å². The Morgan fingerprint density at radius 2 is 1.57 bits per heavy atom. The molecule has 0 heterocycles. The predicted octanol–water partition coefficient (Wildman–Crippen LogP) is 4.02. The summed E-state index contributed by atoms with van der Waals surface area (Å²) in [5.74, 6) is 0.408. The summed E-state index contributed by atoms with van der Waals surface area (Å²) >= 11 is 11.7. The summed E-state index contributed by atoms with van der Waals surface area (Å²) in [6.45, 7) is 1.86. The van der Waals surface area contributed by atoms with Crippen molar-refractivity contribution in [1.82, 2.24) is 0 Å². The Morgan fingerprint density at radius 3 is 1.90 bits per heavy atom. The summed E-state index contributed by atoms with van der Waals surface area (Å²) in [7, 11) is -5.33. The maximum absolute atomic E-state index is 12.4. The number of hydrogen-bond acceptors (Lipinski definition) is 3. The Bertz CT molecular complexity index is 561. The highest BCUT2D eigenvalue weighted by atomic mass is 35.5. The molecule has 0 saturated carbocycles. The largest absolute Gasteiger partial charge is 0.501 e. The molecule has 0 saturated heterocycles. The van der Waals surface area contributed by atoms with Crippen LogP contribution in [0.5, 0.6) is 0 Å². The van der Waals surface area contributed by atoms with E-state index in [1.165, 1.54) is 12.1 Å². The van der Waals surface area contributed by atoms with E-state index in [9.17, 15) is 21.6 Å². The van der Waals surface area contributed by atoms with E-state index in [-0.39, 0.29) is 11.8 Å². The molecule has 0 aromatic heterocycles. The molecule has 9 heteroatoms. The Kier molecular flexibility index (Phi) is 5.80. The van der Waals surface area contributed by atoms with Crippen LogP contribution in [0.4, 0.5) is 18.9 Å². The van der Waals surface area contributed by atoms with Crippen molar-refractivity contribution in [2.75, 3.05) is 17.1 Å². The molecule has 0 unspecified atom stereocenters. The molecule has 0 aliphatic heterocycles. The van der Waals surface area contributed by atoms with Crippen LogP contribution < -0.4 is 5.32 Å². The molecule has 1 aromatic rings. The lowest BCUT2D eigenvalue weighted by Crippen LogP contribution is -2.41. The molecular formula is C12H14Cl2F3NO2S. The first-order valence-electron chi connectivity index (χ1n) is 5.93. The van der Waals surface area contributed by atoms with E-state index in [0.29, 0.717) is 12.1 Å². The number of sulfone groups is 1. The molecule has 0 radical (unpaired) electrons. The van der Waals surface area contributed by atoms with E-state index in [1.807, 2.05) is 6.92 Å². The van der Waals surface area contributed by atoms with E-state index < -0.39 is 25.8 Å². The van der Waals surface area contributed by atoms with Gasteiger partial charge in [-0.2, -0.15) is 13.2 Å². The standard InChI is InChI=1S/C12H14Cl2F3NO2S/c1-2-11(7-13,8-14)18-9-3-5-10(6-4-9)21(19,20)12(15,16)17/h3-6,18H,2,7-8H2,1H3. The van der Waals surface area contributed by atoms with Crippen LogP contribution in [-0.4, -0.2) is 31.2 Å². The third kappa shape index (κ3) is 3.96. The second kappa shape index (κ2) is 6.62. The van der Waals surface area contributed by atoms with Crippen LogP contribution in [0.1, 0.15) is 13.3 Å². The van der Waals surface area contributed by atoms with Gasteiger partial charge in [0.2, 0.25) is 0 Å². The summed E-state index contributed by atoms with van der Waals surface area (Å²) in [4.78, 5) is -0.806. The van der Waals surface area contributed by atoms with E-state index in [0.717, 1.165) is 12.1 Å². The maximum atomic E-state index is 12.4. The van der Waals surface area contributed by atoms with Gasteiger partial charge in [0.1, 0.15) is 0 Å². The molecule has 0 bridgehead atoms. The van der Waals surface area contributed by atoms with E-state index in [1.54, 1.807) is 0 Å². The van der Waals surface area contributed by atoms with Gasteiger partial charge in [-0.3, -0.25) is 0 Å². The molecule has 0 fully saturated rings. The second-order valence-corrected chi connectivity index (χ2v) is 6.98. The monoisotopic (exact) mass is 363 g/mol. The Morgan fingerprint density at radius 1 is 1.10 bits per heavy atom. The SMILES string of the molecule is CCC(CCl)(CCl)Nc1ccc(S(=O)(=O)C(F)(F)F)cc1. The average Bonchev–Trinajstić information content (AvgIpc) is 2.44. The number of hydrogen-bond donors (Lipinski definition) is 1. The summed E-state index contributed by atoms with van der Waals surface area (Å²) in [6, 6.07) is 4.30. The Labute approximate surface area is 131 Å². The molecule has 1 rings (SSSR count). The topological polar surface area (TPSA) is 46.2 Å². The van der Waals surface area contributed by atoms with Gasteiger partial charge in [0.05, 0.1) is 10.4 Å². The molecule has 0 aliphatic rings. The number of alkyl halides is 5. The highest BCUT2D eigenvalue weighted by molar-refractivity contribution is 7.92. The van der Waals surface area contributed by atoms with Gasteiger partial charge in [-0.05, 0) is 30.7 Å². The van der Waals surface area contributed by atoms with Gasteiger partial charge in [0, 0.05) is 17.4 Å². The van der Waals surface area contributed by atoms with Gasteiger partial charge < -0.3 is 5.32 Å². The van der Waals surface area contributed by atoms with Gasteiger partial charge >= 0.3 is 5.51 Å². The number of halogens is 5. The van der Waals surface area contributed by atoms with Crippen molar-refractivity contribution in [3.8, 4) is 0 Å². The Balaban J connectivity index is 3.04. The molecule has 0 atom stereocenters. The van der Waals surface area contributed by atoms with Crippen LogP contribution >= 0.6 is 23.2 Å². The number of nitrogens with one attached hydrogen (secondary N) is 1. The zero-order valence-corrected chi connectivity index (χ0v) is 13.4. The fourth-order valence-corrected chi connectivity index (χ4v) is 3.10. The number of anilines is 1. The average molecular weight is 364 g/mol. The minimum Gasteiger partial charge on any atom is -0.377 e. The molecule has 1 N–H and O–H groups in total. The first-order chi connectivity index (χ1) is 9.62. The van der Waals surface area contributed by atoms with Crippen molar-refractivity contribution < 1.29 is 21.6 Å². The van der Waals surface area contributed by atoms with E-state index >= 15 is 0 Å². The highest BCUT2D eigenvalue weighted by Gasteiger charge is 2.46. The number of benzene rings is 1. The highest BCUT2D eigenvalue weighted by Crippen LogP contribution is 2.31. The van der Waals surface area contributed by atoms with Crippen LogP contribution in [0.25, 0.3) is 0 Å². The summed E-state index contributed by atoms with van der Waals surface area (Å²) in [5, 5.41) is 3.02. The van der Waals surface area contributed by atoms with Crippen molar-refractivity contribution >= 4 is 38.7 Å². The van der Waals surface area contributed by atoms with Gasteiger partial charge in [0.15, 0.2) is 0 Å². The van der Waals surface area contributed by atoms with Crippen molar-refractivity contribution in [2.24, 2.45) is 0 Å². The second-order valence-electron chi connectivity index (χ2n) is 4.50. The normalized spacial score (nSPS) is 13.2. The van der Waals surface area contributed by atoms with Gasteiger partial charge in [-0.25, -0.2) is 8.42 Å². The summed E-state index contributed by atoms with van der Waals surface area (Å²) in [6.07, 6.45) is 0.600. The minimum absolute atomic E-state index is 0.204. The fourth-order valence-electron chi connectivity index (χ4n) is 1.54. The quantitative estimate of drug-likeness (QED) is 0.776. The van der Waals surface area contributed by atoms with E-state index in [2.05, 4.69) is 5.32 Å². The van der Waals surface area contributed by atoms with Crippen LogP contribution in [0, 0.1) is 0 Å². The fraction of sp³-hybridized carbons (Fsp3) is 0.500. The Hall–Kier alpha value is -0.660. The van der Waals surface area contributed by atoms with Crippen molar-refractivity contribution in [3.05, 3.63) is 24.3 Å². The van der Waals surface area contributed by atoms with Crippen LogP contribution in [0.2, 0.25) is 0 Å². The minimum atomic E-state index is -5.33. The smallest absolute Gasteiger partial charge is 0.377 e. The molecule has 0 aliphatic carbocycles. The first-order valence-corrected chi connectivity index (χ1v) is 8.48. The van der Waals surface area contributed by atoms with Crippen molar-refractivity contribution in [2.45, 2.75) is 29.3 Å². The molecule has 1 aromatic carbocycles. The van der Waals surface area contributed by atoms with Crippen LogP contribution in [-0.2, 0) is 9.84 Å². The third-order valence-electron chi connectivity index (χ3n) is 3.07. The zero-order valence-electron chi connectivity index (χ0n) is 11.0. The van der Waals surface area contributed by atoms with Crippen LogP contribution in [0.15, 0.2) is 29.2 Å². The van der Waals surface area contributed by atoms with Crippen LogP contribution in [0.3, 0.4) is 0 Å². The molecule has 21 heavy (non-hydrogen) atoms. The molecule has 0 spiro atoms. The maximum Gasteiger partial charge on any atom is 0.501 e. The van der Waals surface area contributed by atoms with Crippen molar-refractivity contribution in [3.63, 3.8) is 0 Å². The summed E-state index contributed by atoms with van der Waals surface area (Å²) in [5.41, 5.74) is -5.48. The zero-order chi connectivity index (χ0) is 16.3. The van der Waals surface area contributed by atoms with Crippen molar-refractivity contribution in [1.29, 1.82) is 0 Å². The third-order valence-corrected chi connectivity index (χ3v) is 5.59. The molecule has 0 amide bonds. The molecule has 120 valence electrons.